The lowest BCUT2D eigenvalue weighted by molar-refractivity contribution is -0.133. The summed E-state index contributed by atoms with van der Waals surface area (Å²) in [5.41, 5.74) is 1.19. The number of carbonyl (C=O) groups excluding carboxylic acids is 2. The summed E-state index contributed by atoms with van der Waals surface area (Å²) in [6.45, 7) is 3.62. The minimum Gasteiger partial charge on any atom is -0.342 e. The molecule has 2 aliphatic rings. The molecule has 0 aromatic carbocycles. The molecule has 2 aliphatic heterocycles. The first kappa shape index (κ1) is 18.7. The average molecular weight is 381 g/mol. The van der Waals surface area contributed by atoms with E-state index >= 15 is 0 Å². The van der Waals surface area contributed by atoms with Gasteiger partial charge < -0.3 is 14.4 Å². The smallest absolute Gasteiger partial charge is 0.224 e. The Kier molecular flexibility index (Phi) is 5.69. The molecule has 28 heavy (non-hydrogen) atoms. The van der Waals surface area contributed by atoms with Crippen molar-refractivity contribution in [3.05, 3.63) is 48.3 Å². The van der Waals surface area contributed by atoms with Crippen molar-refractivity contribution in [3.8, 4) is 0 Å². The summed E-state index contributed by atoms with van der Waals surface area (Å²) in [5, 5.41) is 0. The van der Waals surface area contributed by atoms with E-state index in [1.165, 1.54) is 5.56 Å². The summed E-state index contributed by atoms with van der Waals surface area (Å²) >= 11 is 0. The molecule has 2 aromatic rings. The molecule has 4 heterocycles. The van der Waals surface area contributed by atoms with Gasteiger partial charge in [-0.15, -0.1) is 0 Å². The molecule has 0 saturated carbocycles. The van der Waals surface area contributed by atoms with Crippen LogP contribution >= 0.6 is 0 Å². The number of nitrogens with zero attached hydrogens (tertiary/aromatic N) is 5. The van der Waals surface area contributed by atoms with Crippen LogP contribution in [0.15, 0.2) is 36.9 Å². The minimum atomic E-state index is 0.150. The first-order valence-corrected chi connectivity index (χ1v) is 10.2. The van der Waals surface area contributed by atoms with Crippen molar-refractivity contribution in [2.75, 3.05) is 26.2 Å². The maximum Gasteiger partial charge on any atom is 0.224 e. The summed E-state index contributed by atoms with van der Waals surface area (Å²) in [5.74, 6) is 1.63. The number of carbonyl (C=O) groups is 2. The highest BCUT2D eigenvalue weighted by Crippen LogP contribution is 2.27. The Morgan fingerprint density at radius 2 is 2.00 bits per heavy atom. The second kappa shape index (κ2) is 8.54. The van der Waals surface area contributed by atoms with E-state index < -0.39 is 0 Å². The van der Waals surface area contributed by atoms with Gasteiger partial charge in [0.15, 0.2) is 0 Å². The van der Waals surface area contributed by atoms with Crippen LogP contribution in [-0.2, 0) is 16.1 Å². The van der Waals surface area contributed by atoms with Crippen molar-refractivity contribution in [1.29, 1.82) is 0 Å². The van der Waals surface area contributed by atoms with E-state index in [9.17, 15) is 9.59 Å². The molecule has 7 heteroatoms. The first-order chi connectivity index (χ1) is 13.7. The summed E-state index contributed by atoms with van der Waals surface area (Å²) in [6, 6.07) is 4.03. The van der Waals surface area contributed by atoms with Gasteiger partial charge in [-0.25, -0.2) is 4.98 Å². The second-order valence-electron chi connectivity index (χ2n) is 7.68. The molecular weight excluding hydrogens is 354 g/mol. The molecule has 1 atom stereocenters. The molecule has 4 rings (SSSR count). The maximum atomic E-state index is 12.7. The van der Waals surface area contributed by atoms with E-state index in [0.717, 1.165) is 44.7 Å². The van der Waals surface area contributed by atoms with E-state index in [1.54, 1.807) is 12.4 Å². The van der Waals surface area contributed by atoms with E-state index in [0.29, 0.717) is 25.9 Å². The molecule has 2 aromatic heterocycles. The van der Waals surface area contributed by atoms with Crippen LogP contribution in [0.3, 0.4) is 0 Å². The zero-order chi connectivity index (χ0) is 19.3. The van der Waals surface area contributed by atoms with Crippen molar-refractivity contribution in [1.82, 2.24) is 24.3 Å². The molecule has 0 N–H and O–H groups in total. The third-order valence-corrected chi connectivity index (χ3v) is 5.76. The topological polar surface area (TPSA) is 71.3 Å². The van der Waals surface area contributed by atoms with Gasteiger partial charge in [0.2, 0.25) is 11.8 Å². The van der Waals surface area contributed by atoms with Gasteiger partial charge in [0.25, 0.3) is 0 Å². The zero-order valence-electron chi connectivity index (χ0n) is 16.2. The normalized spacial score (nSPS) is 20.0. The van der Waals surface area contributed by atoms with Gasteiger partial charge in [-0.1, -0.05) is 0 Å². The zero-order valence-corrected chi connectivity index (χ0v) is 16.2. The fraction of sp³-hybridized carbons (Fsp3) is 0.524. The summed E-state index contributed by atoms with van der Waals surface area (Å²) in [7, 11) is 0. The van der Waals surface area contributed by atoms with E-state index in [4.69, 9.17) is 0 Å². The quantitative estimate of drug-likeness (QED) is 0.768. The van der Waals surface area contributed by atoms with E-state index in [1.807, 2.05) is 34.3 Å². The molecule has 0 radical (unpaired) electrons. The molecule has 0 aliphatic carbocycles. The lowest BCUT2D eigenvalue weighted by atomic mass is 9.96. The Hall–Kier alpha value is -2.70. The average Bonchev–Trinajstić information content (AvgIpc) is 3.36. The van der Waals surface area contributed by atoms with Crippen molar-refractivity contribution in [2.45, 2.75) is 44.6 Å². The summed E-state index contributed by atoms with van der Waals surface area (Å²) in [4.78, 5) is 36.9. The number of aromatic nitrogens is 3. The number of amides is 2. The van der Waals surface area contributed by atoms with Gasteiger partial charge in [-0.3, -0.25) is 14.6 Å². The number of hydrogen-bond donors (Lipinski definition) is 0. The van der Waals surface area contributed by atoms with Crippen LogP contribution in [-0.4, -0.2) is 62.3 Å². The predicted octanol–water partition coefficient (Wildman–Crippen LogP) is 2.04. The van der Waals surface area contributed by atoms with Crippen molar-refractivity contribution < 1.29 is 9.59 Å². The van der Waals surface area contributed by atoms with Crippen LogP contribution < -0.4 is 0 Å². The first-order valence-electron chi connectivity index (χ1n) is 10.2. The molecule has 0 unspecified atom stereocenters. The Balaban J connectivity index is 1.37. The lowest BCUT2D eigenvalue weighted by Gasteiger charge is -2.33. The molecule has 7 nitrogen and oxygen atoms in total. The molecular formula is C21H27N5O2. The Morgan fingerprint density at radius 3 is 2.79 bits per heavy atom. The fourth-order valence-corrected chi connectivity index (χ4v) is 4.24. The fourth-order valence-electron chi connectivity index (χ4n) is 4.24. The highest BCUT2D eigenvalue weighted by Gasteiger charge is 2.28. The minimum absolute atomic E-state index is 0.150. The second-order valence-corrected chi connectivity index (χ2v) is 7.68. The van der Waals surface area contributed by atoms with Crippen LogP contribution in [0.5, 0.6) is 0 Å². The Bertz CT molecular complexity index is 819. The Morgan fingerprint density at radius 1 is 1.14 bits per heavy atom. The van der Waals surface area contributed by atoms with Crippen LogP contribution in [0.25, 0.3) is 0 Å². The third-order valence-electron chi connectivity index (χ3n) is 5.76. The molecule has 2 amide bonds. The third kappa shape index (κ3) is 4.24. The van der Waals surface area contributed by atoms with Gasteiger partial charge in [-0.2, -0.15) is 0 Å². The molecule has 0 spiro atoms. The number of pyridine rings is 1. The van der Waals surface area contributed by atoms with Crippen molar-refractivity contribution >= 4 is 11.8 Å². The van der Waals surface area contributed by atoms with Crippen LogP contribution in [0.4, 0.5) is 0 Å². The number of imidazole rings is 1. The molecule has 2 saturated heterocycles. The van der Waals surface area contributed by atoms with Gasteiger partial charge in [-0.05, 0) is 37.0 Å². The highest BCUT2D eigenvalue weighted by molar-refractivity contribution is 5.80. The highest BCUT2D eigenvalue weighted by atomic mass is 16.2. The molecule has 0 bridgehead atoms. The predicted molar refractivity (Wildman–Crippen MR) is 105 cm³/mol. The van der Waals surface area contributed by atoms with E-state index in [2.05, 4.69) is 14.5 Å². The van der Waals surface area contributed by atoms with Crippen molar-refractivity contribution in [3.63, 3.8) is 0 Å². The monoisotopic (exact) mass is 381 g/mol. The van der Waals surface area contributed by atoms with Crippen LogP contribution in [0, 0.1) is 0 Å². The standard InChI is InChI=1S/C21H27N5O2/c27-19-4-2-11-24(19)13-7-20(28)25-12-1-3-18(16-25)21-23-10-14-26(21)15-17-5-8-22-9-6-17/h5-6,8-10,14,18H,1-4,7,11-13,15-16H2/t18-/m0/s1. The number of likely N-dealkylation sites (tertiary alicyclic amines) is 2. The van der Waals surface area contributed by atoms with Gasteiger partial charge in [0.05, 0.1) is 0 Å². The Labute approximate surface area is 165 Å². The maximum absolute atomic E-state index is 12.7. The van der Waals surface area contributed by atoms with Crippen LogP contribution in [0.2, 0.25) is 0 Å². The SMILES string of the molecule is O=C1CCCN1CCC(=O)N1CCC[C@H](c2nccn2Cc2ccncc2)C1. The number of piperidine rings is 1. The lowest BCUT2D eigenvalue weighted by Crippen LogP contribution is -2.41. The summed E-state index contributed by atoms with van der Waals surface area (Å²) in [6.07, 6.45) is 11.5. The van der Waals surface area contributed by atoms with Gasteiger partial charge >= 0.3 is 0 Å². The molecule has 148 valence electrons. The van der Waals surface area contributed by atoms with Crippen molar-refractivity contribution in [2.24, 2.45) is 0 Å². The van der Waals surface area contributed by atoms with E-state index in [-0.39, 0.29) is 17.7 Å². The number of rotatable bonds is 6. The van der Waals surface area contributed by atoms with Gasteiger partial charge in [0.1, 0.15) is 5.82 Å². The number of hydrogen-bond acceptors (Lipinski definition) is 4. The summed E-state index contributed by atoms with van der Waals surface area (Å²) < 4.78 is 2.18. The largest absolute Gasteiger partial charge is 0.342 e. The van der Waals surface area contributed by atoms with Crippen LogP contribution in [0.1, 0.15) is 49.4 Å². The molecule has 2 fully saturated rings. The van der Waals surface area contributed by atoms with Gasteiger partial charge in [0, 0.05) is 76.3 Å².